The number of hydrogen-bond donors (Lipinski definition) is 1. The van der Waals surface area contributed by atoms with Crippen molar-refractivity contribution in [3.8, 4) is 0 Å². The summed E-state index contributed by atoms with van der Waals surface area (Å²) < 4.78 is 0. The highest BCUT2D eigenvalue weighted by Gasteiger charge is 2.20. The lowest BCUT2D eigenvalue weighted by atomic mass is 9.94. The monoisotopic (exact) mass is 210 g/mol. The highest BCUT2D eigenvalue weighted by Crippen LogP contribution is 2.17. The summed E-state index contributed by atoms with van der Waals surface area (Å²) in [7, 11) is 4.29. The third kappa shape index (κ3) is 4.35. The summed E-state index contributed by atoms with van der Waals surface area (Å²) in [4.78, 5) is 2.28. The quantitative estimate of drug-likeness (QED) is 0.700. The van der Waals surface area contributed by atoms with Crippen LogP contribution >= 0.6 is 0 Å². The van der Waals surface area contributed by atoms with Gasteiger partial charge in [0, 0.05) is 12.1 Å². The van der Waals surface area contributed by atoms with Gasteiger partial charge in [0.25, 0.3) is 0 Å². The highest BCUT2D eigenvalue weighted by molar-refractivity contribution is 4.91. The minimum atomic E-state index is 0.254. The van der Waals surface area contributed by atoms with Gasteiger partial charge in [-0.2, -0.15) is 0 Å². The second kappa shape index (κ2) is 5.66. The van der Waals surface area contributed by atoms with E-state index in [1.807, 2.05) is 0 Å². The topological polar surface area (TPSA) is 15.3 Å². The lowest BCUT2D eigenvalue weighted by molar-refractivity contribution is 0.187. The molecular formula is C13H26N2. The number of nitrogens with zero attached hydrogens (tertiary/aromatic N) is 1. The van der Waals surface area contributed by atoms with Gasteiger partial charge in [0.05, 0.1) is 0 Å². The zero-order chi connectivity index (χ0) is 11.3. The van der Waals surface area contributed by atoms with Crippen molar-refractivity contribution in [2.75, 3.05) is 27.2 Å². The average Bonchev–Trinajstić information content (AvgIpc) is 2.19. The molecule has 0 bridgehead atoms. The molecule has 1 N–H and O–H groups in total. The molecule has 0 fully saturated rings. The third-order valence-electron chi connectivity index (χ3n) is 3.58. The summed E-state index contributed by atoms with van der Waals surface area (Å²) in [6, 6.07) is 0. The van der Waals surface area contributed by atoms with Crippen LogP contribution in [0.25, 0.3) is 0 Å². The average molecular weight is 210 g/mol. The van der Waals surface area contributed by atoms with Crippen LogP contribution in [0.5, 0.6) is 0 Å². The fourth-order valence-corrected chi connectivity index (χ4v) is 1.78. The Morgan fingerprint density at radius 2 is 2.07 bits per heavy atom. The maximum Gasteiger partial charge on any atom is 0.0271 e. The van der Waals surface area contributed by atoms with E-state index in [-0.39, 0.29) is 5.54 Å². The Morgan fingerprint density at radius 1 is 1.33 bits per heavy atom. The van der Waals surface area contributed by atoms with Gasteiger partial charge < -0.3 is 10.2 Å². The summed E-state index contributed by atoms with van der Waals surface area (Å²) in [6.07, 6.45) is 8.51. The predicted molar refractivity (Wildman–Crippen MR) is 67.1 cm³/mol. The smallest absolute Gasteiger partial charge is 0.0271 e. The summed E-state index contributed by atoms with van der Waals surface area (Å²) in [6.45, 7) is 6.80. The Labute approximate surface area is 94.7 Å². The second-order valence-corrected chi connectivity index (χ2v) is 5.49. The summed E-state index contributed by atoms with van der Waals surface area (Å²) >= 11 is 0. The molecule has 0 saturated heterocycles. The van der Waals surface area contributed by atoms with E-state index < -0.39 is 0 Å². The van der Waals surface area contributed by atoms with Crippen molar-refractivity contribution in [2.24, 2.45) is 5.92 Å². The molecule has 0 saturated carbocycles. The van der Waals surface area contributed by atoms with E-state index in [0.717, 1.165) is 12.5 Å². The summed E-state index contributed by atoms with van der Waals surface area (Å²) in [5.74, 6) is 0.855. The second-order valence-electron chi connectivity index (χ2n) is 5.49. The molecule has 0 aliphatic heterocycles. The fraction of sp³-hybridized carbons (Fsp3) is 0.846. The summed E-state index contributed by atoms with van der Waals surface area (Å²) in [5, 5.41) is 3.60. The Bertz CT molecular complexity index is 207. The Hall–Kier alpha value is -0.340. The molecule has 0 radical (unpaired) electrons. The van der Waals surface area contributed by atoms with Crippen LogP contribution in [0, 0.1) is 5.92 Å². The predicted octanol–water partition coefficient (Wildman–Crippen LogP) is 2.27. The molecule has 0 aromatic rings. The zero-order valence-electron chi connectivity index (χ0n) is 10.7. The van der Waals surface area contributed by atoms with Crippen LogP contribution in [-0.2, 0) is 0 Å². The summed E-state index contributed by atoms with van der Waals surface area (Å²) in [5.41, 5.74) is 0.254. The first-order valence-corrected chi connectivity index (χ1v) is 6.05. The number of allylic oxidation sites excluding steroid dienone is 2. The molecule has 88 valence electrons. The normalized spacial score (nSPS) is 22.3. The molecule has 1 rings (SSSR count). The van der Waals surface area contributed by atoms with Crippen LogP contribution in [0.4, 0.5) is 0 Å². The molecule has 1 aliphatic rings. The van der Waals surface area contributed by atoms with Gasteiger partial charge in [-0.3, -0.25) is 0 Å². The fourth-order valence-electron chi connectivity index (χ4n) is 1.78. The van der Waals surface area contributed by atoms with E-state index in [2.05, 4.69) is 50.3 Å². The Kier molecular flexibility index (Phi) is 4.81. The molecule has 2 nitrogen and oxygen atoms in total. The number of nitrogens with one attached hydrogen (secondary N) is 1. The van der Waals surface area contributed by atoms with Gasteiger partial charge in [-0.05, 0) is 59.7 Å². The van der Waals surface area contributed by atoms with Crippen molar-refractivity contribution in [3.05, 3.63) is 12.2 Å². The minimum absolute atomic E-state index is 0.254. The number of likely N-dealkylation sites (N-methyl/N-ethyl adjacent to an activating group) is 1. The first-order valence-electron chi connectivity index (χ1n) is 6.05. The van der Waals surface area contributed by atoms with Crippen LogP contribution in [-0.4, -0.2) is 37.6 Å². The van der Waals surface area contributed by atoms with E-state index in [4.69, 9.17) is 0 Å². The Balaban J connectivity index is 2.18. The lowest BCUT2D eigenvalue weighted by Crippen LogP contribution is -2.47. The maximum absolute atomic E-state index is 3.60. The molecular weight excluding hydrogens is 184 g/mol. The first kappa shape index (κ1) is 12.7. The molecule has 2 heteroatoms. The van der Waals surface area contributed by atoms with Gasteiger partial charge in [0.2, 0.25) is 0 Å². The van der Waals surface area contributed by atoms with Crippen LogP contribution in [0.15, 0.2) is 12.2 Å². The third-order valence-corrected chi connectivity index (χ3v) is 3.58. The lowest BCUT2D eigenvalue weighted by Gasteiger charge is -2.33. The highest BCUT2D eigenvalue weighted by atomic mass is 15.2. The molecule has 0 heterocycles. The number of hydrogen-bond acceptors (Lipinski definition) is 2. The van der Waals surface area contributed by atoms with Crippen LogP contribution in [0.3, 0.4) is 0 Å². The van der Waals surface area contributed by atoms with Crippen molar-refractivity contribution < 1.29 is 0 Å². The first-order chi connectivity index (χ1) is 7.02. The van der Waals surface area contributed by atoms with Crippen molar-refractivity contribution in [1.82, 2.24) is 10.2 Å². The van der Waals surface area contributed by atoms with Gasteiger partial charge in [-0.1, -0.05) is 12.2 Å². The zero-order valence-corrected chi connectivity index (χ0v) is 10.7. The van der Waals surface area contributed by atoms with E-state index >= 15 is 0 Å². The molecule has 0 spiro atoms. The van der Waals surface area contributed by atoms with E-state index in [1.165, 1.54) is 25.8 Å². The molecule has 0 aromatic carbocycles. The van der Waals surface area contributed by atoms with Crippen molar-refractivity contribution in [3.63, 3.8) is 0 Å². The van der Waals surface area contributed by atoms with Gasteiger partial charge in [0.1, 0.15) is 0 Å². The molecule has 0 aromatic heterocycles. The Morgan fingerprint density at radius 3 is 2.60 bits per heavy atom. The number of rotatable bonds is 5. The standard InChI is InChI=1S/C13H26N2/c1-13(2,15(3)4)11-14-10-12-8-6-5-7-9-12/h5-6,12,14H,7-11H2,1-4H3. The maximum atomic E-state index is 3.60. The van der Waals surface area contributed by atoms with E-state index in [0.29, 0.717) is 0 Å². The van der Waals surface area contributed by atoms with Gasteiger partial charge in [0.15, 0.2) is 0 Å². The van der Waals surface area contributed by atoms with Gasteiger partial charge in [-0.15, -0.1) is 0 Å². The van der Waals surface area contributed by atoms with Crippen LogP contribution in [0.2, 0.25) is 0 Å². The molecule has 0 amide bonds. The van der Waals surface area contributed by atoms with E-state index in [1.54, 1.807) is 0 Å². The molecule has 1 aliphatic carbocycles. The molecule has 1 atom stereocenters. The van der Waals surface area contributed by atoms with Crippen molar-refractivity contribution >= 4 is 0 Å². The van der Waals surface area contributed by atoms with E-state index in [9.17, 15) is 0 Å². The van der Waals surface area contributed by atoms with Crippen LogP contribution in [0.1, 0.15) is 33.1 Å². The van der Waals surface area contributed by atoms with Gasteiger partial charge in [-0.25, -0.2) is 0 Å². The van der Waals surface area contributed by atoms with Crippen molar-refractivity contribution in [1.29, 1.82) is 0 Å². The van der Waals surface area contributed by atoms with Crippen LogP contribution < -0.4 is 5.32 Å². The molecule has 1 unspecified atom stereocenters. The van der Waals surface area contributed by atoms with Gasteiger partial charge >= 0.3 is 0 Å². The molecule has 15 heavy (non-hydrogen) atoms. The SMILES string of the molecule is CN(C)C(C)(C)CNCC1CC=CCC1. The largest absolute Gasteiger partial charge is 0.315 e. The minimum Gasteiger partial charge on any atom is -0.315 e. The van der Waals surface area contributed by atoms with Crippen molar-refractivity contribution in [2.45, 2.75) is 38.6 Å².